The maximum atomic E-state index is 9.74. The summed E-state index contributed by atoms with van der Waals surface area (Å²) >= 11 is 0. The number of benzene rings is 1. The molecule has 188 valence electrons. The maximum Gasteiger partial charge on any atom is 0.222 e. The highest BCUT2D eigenvalue weighted by Crippen LogP contribution is 2.30. The Bertz CT molecular complexity index is 904. The Labute approximate surface area is 203 Å². The molecule has 2 heterocycles. The Morgan fingerprint density at radius 1 is 1.26 bits per heavy atom. The first kappa shape index (κ1) is 26.0. The minimum Gasteiger partial charge on any atom is -0.496 e. The molecule has 1 aliphatic heterocycles. The molecule has 0 aliphatic carbocycles. The number of nitrogens with two attached hydrogens (primary N) is 1. The highest BCUT2D eigenvalue weighted by Gasteiger charge is 2.17. The lowest BCUT2D eigenvalue weighted by molar-refractivity contribution is 0.213. The number of nitrogen functional groups attached to an aromatic ring is 1. The fourth-order valence-corrected chi connectivity index (χ4v) is 4.26. The van der Waals surface area contributed by atoms with Gasteiger partial charge in [0.2, 0.25) is 5.95 Å². The second-order valence-electron chi connectivity index (χ2n) is 8.75. The number of nitrogens with one attached hydrogen (secondary N) is 2. The van der Waals surface area contributed by atoms with Crippen LogP contribution in [0.3, 0.4) is 0 Å². The predicted molar refractivity (Wildman–Crippen MR) is 136 cm³/mol. The molecule has 0 saturated carbocycles. The molecule has 2 aromatic rings. The van der Waals surface area contributed by atoms with Gasteiger partial charge >= 0.3 is 0 Å². The van der Waals surface area contributed by atoms with E-state index in [1.54, 1.807) is 7.11 Å². The van der Waals surface area contributed by atoms with E-state index >= 15 is 0 Å². The minimum atomic E-state index is -0.0867. The standard InChI is InChI=1S/C25H40N6O3/c1-4-6-20(17-32)29-24-22(18(2)28-25(26)30-24)15-19-7-8-21(16-23(19)33-3)34-14-5-11-31-12-9-27-10-13-31/h7-8,16,20,27,32H,4-6,9-15,17H2,1-3H3,(H3,26,28,29,30). The van der Waals surface area contributed by atoms with Crippen LogP contribution in [0.5, 0.6) is 11.5 Å². The molecule has 9 heteroatoms. The number of piperazine rings is 1. The summed E-state index contributed by atoms with van der Waals surface area (Å²) < 4.78 is 11.7. The van der Waals surface area contributed by atoms with Gasteiger partial charge in [-0.05, 0) is 31.4 Å². The van der Waals surface area contributed by atoms with Crippen molar-refractivity contribution in [2.45, 2.75) is 45.6 Å². The van der Waals surface area contributed by atoms with Crippen molar-refractivity contribution in [1.29, 1.82) is 0 Å². The number of hydrogen-bond donors (Lipinski definition) is 4. The van der Waals surface area contributed by atoms with Crippen LogP contribution in [0.2, 0.25) is 0 Å². The molecule has 0 spiro atoms. The second kappa shape index (κ2) is 13.3. The SMILES string of the molecule is CCCC(CO)Nc1nc(N)nc(C)c1Cc1ccc(OCCCN2CCNCC2)cc1OC. The zero-order valence-corrected chi connectivity index (χ0v) is 20.8. The third kappa shape index (κ3) is 7.44. The zero-order chi connectivity index (χ0) is 24.3. The normalized spacial score (nSPS) is 15.2. The van der Waals surface area contributed by atoms with Crippen molar-refractivity contribution < 1.29 is 14.6 Å². The Morgan fingerprint density at radius 3 is 2.76 bits per heavy atom. The average molecular weight is 473 g/mol. The molecule has 0 radical (unpaired) electrons. The number of ether oxygens (including phenoxy) is 2. The number of hydrogen-bond acceptors (Lipinski definition) is 9. The fourth-order valence-electron chi connectivity index (χ4n) is 4.26. The summed E-state index contributed by atoms with van der Waals surface area (Å²) in [5.41, 5.74) is 8.67. The van der Waals surface area contributed by atoms with Gasteiger partial charge in [-0.3, -0.25) is 0 Å². The summed E-state index contributed by atoms with van der Waals surface area (Å²) in [5.74, 6) is 2.43. The molecular formula is C25H40N6O3. The van der Waals surface area contributed by atoms with E-state index in [9.17, 15) is 5.11 Å². The first-order valence-corrected chi connectivity index (χ1v) is 12.3. The van der Waals surface area contributed by atoms with Crippen molar-refractivity contribution in [3.8, 4) is 11.5 Å². The van der Waals surface area contributed by atoms with Gasteiger partial charge in [0.1, 0.15) is 17.3 Å². The van der Waals surface area contributed by atoms with Gasteiger partial charge in [-0.25, -0.2) is 4.98 Å². The van der Waals surface area contributed by atoms with E-state index in [4.69, 9.17) is 15.2 Å². The van der Waals surface area contributed by atoms with Gasteiger partial charge < -0.3 is 35.8 Å². The van der Waals surface area contributed by atoms with Gasteiger partial charge in [0.25, 0.3) is 0 Å². The van der Waals surface area contributed by atoms with E-state index in [0.29, 0.717) is 18.8 Å². The molecule has 34 heavy (non-hydrogen) atoms. The molecule has 1 aliphatic rings. The van der Waals surface area contributed by atoms with Crippen molar-refractivity contribution in [3.63, 3.8) is 0 Å². The van der Waals surface area contributed by atoms with Crippen molar-refractivity contribution in [2.75, 3.05) is 64.1 Å². The second-order valence-corrected chi connectivity index (χ2v) is 8.75. The van der Waals surface area contributed by atoms with E-state index in [1.807, 2.05) is 25.1 Å². The van der Waals surface area contributed by atoms with Gasteiger partial charge in [-0.1, -0.05) is 19.4 Å². The summed E-state index contributed by atoms with van der Waals surface area (Å²) in [6, 6.07) is 5.86. The molecule has 1 unspecified atom stereocenters. The summed E-state index contributed by atoms with van der Waals surface area (Å²) in [4.78, 5) is 11.3. The first-order valence-electron chi connectivity index (χ1n) is 12.3. The Balaban J connectivity index is 1.67. The minimum absolute atomic E-state index is 0.0280. The largest absolute Gasteiger partial charge is 0.496 e. The molecule has 1 aromatic heterocycles. The molecule has 1 fully saturated rings. The van der Waals surface area contributed by atoms with Crippen molar-refractivity contribution in [3.05, 3.63) is 35.0 Å². The molecule has 0 amide bonds. The highest BCUT2D eigenvalue weighted by molar-refractivity contribution is 5.54. The number of anilines is 2. The Morgan fingerprint density at radius 2 is 2.06 bits per heavy atom. The number of aryl methyl sites for hydroxylation is 1. The number of aliphatic hydroxyl groups is 1. The lowest BCUT2D eigenvalue weighted by Gasteiger charge is -2.27. The zero-order valence-electron chi connectivity index (χ0n) is 20.8. The molecule has 0 bridgehead atoms. The molecule has 1 atom stereocenters. The monoisotopic (exact) mass is 472 g/mol. The lowest BCUT2D eigenvalue weighted by atomic mass is 10.0. The quantitative estimate of drug-likeness (QED) is 0.325. The summed E-state index contributed by atoms with van der Waals surface area (Å²) in [7, 11) is 1.67. The van der Waals surface area contributed by atoms with E-state index < -0.39 is 0 Å². The number of rotatable bonds is 13. The van der Waals surface area contributed by atoms with Crippen LogP contribution in [0, 0.1) is 6.92 Å². The van der Waals surface area contributed by atoms with E-state index in [0.717, 1.165) is 80.3 Å². The molecule has 1 saturated heterocycles. The third-order valence-corrected chi connectivity index (χ3v) is 6.15. The first-order chi connectivity index (χ1) is 16.5. The van der Waals surface area contributed by atoms with Crippen LogP contribution in [0.1, 0.15) is 43.0 Å². The summed E-state index contributed by atoms with van der Waals surface area (Å²) in [6.07, 6.45) is 3.36. The Kier molecular flexibility index (Phi) is 10.2. The number of methoxy groups -OCH3 is 1. The topological polar surface area (TPSA) is 118 Å². The average Bonchev–Trinajstić information content (AvgIpc) is 2.84. The van der Waals surface area contributed by atoms with Crippen LogP contribution < -0.4 is 25.8 Å². The molecule has 1 aromatic carbocycles. The van der Waals surface area contributed by atoms with Crippen LogP contribution in [0.15, 0.2) is 18.2 Å². The van der Waals surface area contributed by atoms with Crippen molar-refractivity contribution in [1.82, 2.24) is 20.2 Å². The van der Waals surface area contributed by atoms with Crippen LogP contribution in [0.25, 0.3) is 0 Å². The summed E-state index contributed by atoms with van der Waals surface area (Å²) in [6.45, 7) is 10.1. The van der Waals surface area contributed by atoms with Crippen LogP contribution in [-0.2, 0) is 6.42 Å². The molecular weight excluding hydrogens is 432 g/mol. The van der Waals surface area contributed by atoms with Crippen molar-refractivity contribution >= 4 is 11.8 Å². The third-order valence-electron chi connectivity index (χ3n) is 6.15. The smallest absolute Gasteiger partial charge is 0.222 e. The van der Waals surface area contributed by atoms with Crippen LogP contribution in [0.4, 0.5) is 11.8 Å². The maximum absolute atomic E-state index is 9.74. The fraction of sp³-hybridized carbons (Fsp3) is 0.600. The van der Waals surface area contributed by atoms with Gasteiger partial charge in [0.15, 0.2) is 0 Å². The van der Waals surface area contributed by atoms with Gasteiger partial charge in [0, 0.05) is 56.5 Å². The lowest BCUT2D eigenvalue weighted by Crippen LogP contribution is -2.43. The van der Waals surface area contributed by atoms with Crippen LogP contribution >= 0.6 is 0 Å². The Hall–Kier alpha value is -2.62. The summed E-state index contributed by atoms with van der Waals surface area (Å²) in [5, 5.41) is 16.5. The van der Waals surface area contributed by atoms with E-state index in [2.05, 4.69) is 32.4 Å². The number of nitrogens with zero attached hydrogens (tertiary/aromatic N) is 3. The number of aromatic nitrogens is 2. The van der Waals surface area contributed by atoms with E-state index in [-0.39, 0.29) is 18.6 Å². The van der Waals surface area contributed by atoms with Gasteiger partial charge in [0.05, 0.1) is 26.4 Å². The molecule has 3 rings (SSSR count). The van der Waals surface area contributed by atoms with Crippen LogP contribution in [-0.4, -0.2) is 79.1 Å². The van der Waals surface area contributed by atoms with Gasteiger partial charge in [-0.15, -0.1) is 0 Å². The molecule has 5 N–H and O–H groups in total. The molecule has 9 nitrogen and oxygen atoms in total. The van der Waals surface area contributed by atoms with E-state index in [1.165, 1.54) is 0 Å². The predicted octanol–water partition coefficient (Wildman–Crippen LogP) is 2.21. The highest BCUT2D eigenvalue weighted by atomic mass is 16.5. The van der Waals surface area contributed by atoms with Gasteiger partial charge in [-0.2, -0.15) is 4.98 Å². The number of aliphatic hydroxyl groups excluding tert-OH is 1. The van der Waals surface area contributed by atoms with Crippen molar-refractivity contribution in [2.24, 2.45) is 0 Å².